The Morgan fingerprint density at radius 2 is 1.51 bits per heavy atom. The van der Waals surface area contributed by atoms with Crippen LogP contribution in [0.5, 0.6) is 5.75 Å². The molecule has 0 aromatic heterocycles. The Labute approximate surface area is 231 Å². The molecule has 0 aliphatic heterocycles. The summed E-state index contributed by atoms with van der Waals surface area (Å²) in [4.78, 5) is 27.5. The van der Waals surface area contributed by atoms with E-state index in [1.165, 1.54) is 35.0 Å². The van der Waals surface area contributed by atoms with Crippen molar-refractivity contribution >= 4 is 29.5 Å². The zero-order valence-electron chi connectivity index (χ0n) is 21.5. The van der Waals surface area contributed by atoms with Crippen LogP contribution in [0.4, 0.5) is 5.69 Å². The van der Waals surface area contributed by atoms with Crippen LogP contribution in [-0.2, 0) is 11.3 Å². The summed E-state index contributed by atoms with van der Waals surface area (Å²) in [7, 11) is 1.83. The number of nitriles is 1. The van der Waals surface area contributed by atoms with E-state index in [0.717, 1.165) is 27.1 Å². The summed E-state index contributed by atoms with van der Waals surface area (Å²) in [6.07, 6.45) is 0. The van der Waals surface area contributed by atoms with Gasteiger partial charge in [0, 0.05) is 16.6 Å². The Bertz CT molecular complexity index is 1510. The molecule has 2 N–H and O–H groups in total. The highest BCUT2D eigenvalue weighted by atomic mass is 32.2. The van der Waals surface area contributed by atoms with E-state index >= 15 is 0 Å². The Morgan fingerprint density at radius 1 is 0.897 bits per heavy atom. The van der Waals surface area contributed by atoms with Gasteiger partial charge >= 0.3 is 5.97 Å². The molecule has 0 unspecified atom stereocenters. The molecule has 0 aliphatic rings. The van der Waals surface area contributed by atoms with Gasteiger partial charge in [0.1, 0.15) is 11.3 Å². The van der Waals surface area contributed by atoms with Crippen LogP contribution >= 0.6 is 11.9 Å². The molecule has 4 aromatic rings. The van der Waals surface area contributed by atoms with E-state index in [1.54, 1.807) is 12.1 Å². The van der Waals surface area contributed by atoms with E-state index < -0.39 is 11.7 Å². The number of carboxylic acid groups (broad SMARTS) is 1. The summed E-state index contributed by atoms with van der Waals surface area (Å²) in [5.41, 5.74) is 4.70. The quantitative estimate of drug-likeness (QED) is 0.248. The van der Waals surface area contributed by atoms with Crippen molar-refractivity contribution in [3.05, 3.63) is 113 Å². The minimum atomic E-state index is -1.25. The maximum absolute atomic E-state index is 13.5. The Morgan fingerprint density at radius 3 is 2.08 bits per heavy atom. The van der Waals surface area contributed by atoms with Gasteiger partial charge in [-0.3, -0.25) is 4.79 Å². The van der Waals surface area contributed by atoms with Gasteiger partial charge in [0.15, 0.2) is 0 Å². The number of phenols is 1. The molecule has 8 heteroatoms. The molecule has 7 nitrogen and oxygen atoms in total. The number of hydrogen-bond donors (Lipinski definition) is 2. The van der Waals surface area contributed by atoms with Crippen molar-refractivity contribution in [2.24, 2.45) is 0 Å². The van der Waals surface area contributed by atoms with Gasteiger partial charge in [-0.25, -0.2) is 9.10 Å². The molecular formula is C31H27N3O4S. The monoisotopic (exact) mass is 537 g/mol. The van der Waals surface area contributed by atoms with Crippen molar-refractivity contribution < 1.29 is 19.8 Å². The van der Waals surface area contributed by atoms with Gasteiger partial charge in [-0.1, -0.05) is 54.1 Å². The van der Waals surface area contributed by atoms with Crippen LogP contribution in [0.2, 0.25) is 0 Å². The Kier molecular flexibility index (Phi) is 8.67. The summed E-state index contributed by atoms with van der Waals surface area (Å²) in [5, 5.41) is 28.6. The van der Waals surface area contributed by atoms with Crippen molar-refractivity contribution in [1.29, 1.82) is 5.26 Å². The van der Waals surface area contributed by atoms with Gasteiger partial charge < -0.3 is 15.1 Å². The van der Waals surface area contributed by atoms with E-state index in [9.17, 15) is 19.8 Å². The summed E-state index contributed by atoms with van der Waals surface area (Å²) < 4.78 is 1.83. The number of likely N-dealkylation sites (N-methyl/N-ethyl adjacent to an activating group) is 1. The molecule has 0 heterocycles. The van der Waals surface area contributed by atoms with Gasteiger partial charge in [0.25, 0.3) is 0 Å². The standard InChI is InChI=1S/C31H27N3O4S/c1-21-3-14-27(15-4-21)39-33(2)20-30(36)34(26-13-16-28(31(37)38)29(35)17-26)19-23-7-11-25(12-8-23)24-9-5-22(18-32)6-10-24/h3-17,35H,19-20H2,1-2H3,(H,37,38). The van der Waals surface area contributed by atoms with Crippen LogP contribution in [0, 0.1) is 18.3 Å². The van der Waals surface area contributed by atoms with Crippen LogP contribution in [0.1, 0.15) is 27.0 Å². The fourth-order valence-electron chi connectivity index (χ4n) is 4.00. The lowest BCUT2D eigenvalue weighted by atomic mass is 10.0. The van der Waals surface area contributed by atoms with Gasteiger partial charge in [-0.2, -0.15) is 5.26 Å². The predicted octanol–water partition coefficient (Wildman–Crippen LogP) is 6.11. The van der Waals surface area contributed by atoms with E-state index in [0.29, 0.717) is 11.3 Å². The number of carbonyl (C=O) groups excluding carboxylic acids is 1. The average Bonchev–Trinajstić information content (AvgIpc) is 2.93. The molecular weight excluding hydrogens is 510 g/mol. The molecule has 0 spiro atoms. The number of hydrogen-bond acceptors (Lipinski definition) is 6. The zero-order chi connectivity index (χ0) is 27.9. The number of aromatic hydroxyl groups is 1. The van der Waals surface area contributed by atoms with Crippen LogP contribution in [0.3, 0.4) is 0 Å². The number of aryl methyl sites for hydroxylation is 1. The van der Waals surface area contributed by atoms with Gasteiger partial charge in [0.05, 0.1) is 24.7 Å². The summed E-state index contributed by atoms with van der Waals surface area (Å²) in [6, 6.07) is 29.3. The van der Waals surface area contributed by atoms with Crippen LogP contribution in [-0.4, -0.2) is 40.0 Å². The lowest BCUT2D eigenvalue weighted by Gasteiger charge is -2.26. The number of aromatic carboxylic acids is 1. The second-order valence-corrected chi connectivity index (χ2v) is 10.3. The molecule has 4 rings (SSSR count). The fourth-order valence-corrected chi connectivity index (χ4v) is 4.79. The molecule has 1 amide bonds. The van der Waals surface area contributed by atoms with Gasteiger partial charge in [-0.05, 0) is 79.0 Å². The van der Waals surface area contributed by atoms with E-state index in [4.69, 9.17) is 5.26 Å². The Hall–Kier alpha value is -4.58. The molecule has 0 saturated carbocycles. The number of benzene rings is 4. The van der Waals surface area contributed by atoms with Crippen LogP contribution in [0.15, 0.2) is 95.9 Å². The maximum atomic E-state index is 13.5. The minimum Gasteiger partial charge on any atom is -0.507 e. The minimum absolute atomic E-state index is 0.0866. The van der Waals surface area contributed by atoms with E-state index in [-0.39, 0.29) is 24.6 Å². The number of carboxylic acids is 1. The lowest BCUT2D eigenvalue weighted by Crippen LogP contribution is -2.36. The zero-order valence-corrected chi connectivity index (χ0v) is 22.4. The number of nitrogens with zero attached hydrogens (tertiary/aromatic N) is 3. The lowest BCUT2D eigenvalue weighted by molar-refractivity contribution is -0.118. The first-order valence-corrected chi connectivity index (χ1v) is 12.9. The molecule has 196 valence electrons. The second-order valence-electron chi connectivity index (χ2n) is 9.06. The summed E-state index contributed by atoms with van der Waals surface area (Å²) >= 11 is 1.45. The van der Waals surface area contributed by atoms with Crippen molar-refractivity contribution in [2.75, 3.05) is 18.5 Å². The smallest absolute Gasteiger partial charge is 0.339 e. The molecule has 0 bridgehead atoms. The predicted molar refractivity (Wildman–Crippen MR) is 153 cm³/mol. The van der Waals surface area contributed by atoms with Gasteiger partial charge in [0.2, 0.25) is 5.91 Å². The van der Waals surface area contributed by atoms with Crippen molar-refractivity contribution in [3.8, 4) is 22.9 Å². The largest absolute Gasteiger partial charge is 0.507 e. The number of amides is 1. The first-order valence-electron chi connectivity index (χ1n) is 12.2. The third kappa shape index (κ3) is 7.05. The Balaban J connectivity index is 1.56. The third-order valence-corrected chi connectivity index (χ3v) is 7.03. The maximum Gasteiger partial charge on any atom is 0.339 e. The van der Waals surface area contributed by atoms with Crippen LogP contribution in [0.25, 0.3) is 11.1 Å². The summed E-state index contributed by atoms with van der Waals surface area (Å²) in [5.74, 6) is -1.86. The van der Waals surface area contributed by atoms with E-state index in [1.807, 2.05) is 78.9 Å². The highest BCUT2D eigenvalue weighted by Gasteiger charge is 2.21. The van der Waals surface area contributed by atoms with Crippen molar-refractivity contribution in [2.45, 2.75) is 18.4 Å². The molecule has 0 atom stereocenters. The van der Waals surface area contributed by atoms with Crippen LogP contribution < -0.4 is 4.90 Å². The van der Waals surface area contributed by atoms with E-state index in [2.05, 4.69) is 6.07 Å². The van der Waals surface area contributed by atoms with Crippen molar-refractivity contribution in [1.82, 2.24) is 4.31 Å². The highest BCUT2D eigenvalue weighted by Crippen LogP contribution is 2.28. The number of rotatable bonds is 9. The summed E-state index contributed by atoms with van der Waals surface area (Å²) in [6.45, 7) is 2.33. The number of anilines is 1. The first kappa shape index (κ1) is 27.5. The number of carbonyl (C=O) groups is 2. The molecule has 4 aromatic carbocycles. The SMILES string of the molecule is Cc1ccc(SN(C)CC(=O)N(Cc2ccc(-c3ccc(C#N)cc3)cc2)c2ccc(C(=O)O)c(O)c2)cc1. The molecule has 0 saturated heterocycles. The van der Waals surface area contributed by atoms with Crippen molar-refractivity contribution in [3.63, 3.8) is 0 Å². The molecule has 39 heavy (non-hydrogen) atoms. The average molecular weight is 538 g/mol. The molecule has 0 aliphatic carbocycles. The normalized spacial score (nSPS) is 10.7. The van der Waals surface area contributed by atoms with Gasteiger partial charge in [-0.15, -0.1) is 0 Å². The molecule has 0 fully saturated rings. The third-order valence-electron chi connectivity index (χ3n) is 6.11. The topological polar surface area (TPSA) is 105 Å². The fraction of sp³-hybridized carbons (Fsp3) is 0.129. The molecule has 0 radical (unpaired) electrons. The second kappa shape index (κ2) is 12.3. The first-order chi connectivity index (χ1) is 18.7. The highest BCUT2D eigenvalue weighted by molar-refractivity contribution is 7.97.